The van der Waals surface area contributed by atoms with Gasteiger partial charge in [-0.1, -0.05) is 13.3 Å². The Morgan fingerprint density at radius 3 is 1.85 bits per heavy atom. The number of unbranched alkanes of at least 4 members (excludes halogenated alkanes) is 1. The number of hydrogen-bond donors (Lipinski definition) is 1. The summed E-state index contributed by atoms with van der Waals surface area (Å²) in [5.74, 6) is -1.36. The van der Waals surface area contributed by atoms with Crippen LogP contribution in [0.15, 0.2) is 0 Å². The number of carbonyl (C=O) groups is 1. The predicted octanol–water partition coefficient (Wildman–Crippen LogP) is 3.54. The highest BCUT2D eigenvalue weighted by molar-refractivity contribution is 5.76. The molecule has 0 radical (unpaired) electrons. The standard InChI is InChI=1S/C11H17F6NO2/c1-4-5-6-8(19)18-9(10(12,13)14,11(15,16)17)20-7(2)3/h7H,4-6H2,1-3H3,(H,18,19). The average molecular weight is 309 g/mol. The van der Waals surface area contributed by atoms with Crippen LogP contribution < -0.4 is 5.32 Å². The zero-order valence-electron chi connectivity index (χ0n) is 11.3. The van der Waals surface area contributed by atoms with Crippen LogP contribution in [0.25, 0.3) is 0 Å². The van der Waals surface area contributed by atoms with Gasteiger partial charge in [-0.2, -0.15) is 26.3 Å². The van der Waals surface area contributed by atoms with Gasteiger partial charge >= 0.3 is 18.1 Å². The monoisotopic (exact) mass is 309 g/mol. The van der Waals surface area contributed by atoms with Crippen molar-refractivity contribution in [2.45, 2.75) is 64.2 Å². The summed E-state index contributed by atoms with van der Waals surface area (Å²) in [4.78, 5) is 11.3. The molecule has 120 valence electrons. The van der Waals surface area contributed by atoms with E-state index in [9.17, 15) is 31.1 Å². The van der Waals surface area contributed by atoms with Crippen molar-refractivity contribution in [2.24, 2.45) is 0 Å². The number of ether oxygens (including phenoxy) is 1. The largest absolute Gasteiger partial charge is 0.446 e. The van der Waals surface area contributed by atoms with E-state index in [1.165, 1.54) is 0 Å². The van der Waals surface area contributed by atoms with Gasteiger partial charge in [-0.25, -0.2) is 0 Å². The third-order valence-electron chi connectivity index (χ3n) is 2.28. The lowest BCUT2D eigenvalue weighted by molar-refractivity contribution is -0.396. The summed E-state index contributed by atoms with van der Waals surface area (Å²) < 4.78 is 81.2. The molecule has 0 saturated carbocycles. The topological polar surface area (TPSA) is 38.3 Å². The van der Waals surface area contributed by atoms with Crippen LogP contribution in [0.1, 0.15) is 40.0 Å². The first-order chi connectivity index (χ1) is 8.87. The third-order valence-corrected chi connectivity index (χ3v) is 2.28. The number of halogens is 6. The van der Waals surface area contributed by atoms with Crippen molar-refractivity contribution in [1.29, 1.82) is 0 Å². The lowest BCUT2D eigenvalue weighted by Crippen LogP contribution is -2.69. The molecule has 3 nitrogen and oxygen atoms in total. The number of hydrogen-bond acceptors (Lipinski definition) is 2. The minimum Gasteiger partial charge on any atom is -0.338 e. The second-order valence-corrected chi connectivity index (χ2v) is 4.50. The summed E-state index contributed by atoms with van der Waals surface area (Å²) in [6, 6.07) is 0. The minimum atomic E-state index is -5.82. The summed E-state index contributed by atoms with van der Waals surface area (Å²) in [5.41, 5.74) is -4.68. The maximum Gasteiger partial charge on any atom is 0.446 e. The average Bonchev–Trinajstić information content (AvgIpc) is 2.21. The van der Waals surface area contributed by atoms with Crippen LogP contribution in [0.4, 0.5) is 26.3 Å². The van der Waals surface area contributed by atoms with Gasteiger partial charge in [-0.15, -0.1) is 0 Å². The molecule has 9 heteroatoms. The Morgan fingerprint density at radius 2 is 1.55 bits per heavy atom. The van der Waals surface area contributed by atoms with E-state index in [-0.39, 0.29) is 6.42 Å². The van der Waals surface area contributed by atoms with Crippen LogP contribution in [0.5, 0.6) is 0 Å². The Balaban J connectivity index is 5.47. The molecule has 0 saturated heterocycles. The van der Waals surface area contributed by atoms with E-state index in [0.717, 1.165) is 19.2 Å². The first kappa shape index (κ1) is 19.0. The fourth-order valence-corrected chi connectivity index (χ4v) is 1.42. The second kappa shape index (κ2) is 6.64. The van der Waals surface area contributed by atoms with Crippen LogP contribution in [0, 0.1) is 0 Å². The summed E-state index contributed by atoms with van der Waals surface area (Å²) in [6.07, 6.45) is -12.8. The smallest absolute Gasteiger partial charge is 0.338 e. The van der Waals surface area contributed by atoms with E-state index in [1.807, 2.05) is 0 Å². The molecular weight excluding hydrogens is 292 g/mol. The maximum absolute atomic E-state index is 12.9. The molecule has 0 spiro atoms. The molecule has 1 N–H and O–H groups in total. The van der Waals surface area contributed by atoms with Gasteiger partial charge in [0, 0.05) is 6.42 Å². The Kier molecular flexibility index (Phi) is 6.31. The van der Waals surface area contributed by atoms with Gasteiger partial charge in [0.15, 0.2) is 0 Å². The number of rotatable bonds is 6. The van der Waals surface area contributed by atoms with E-state index in [1.54, 1.807) is 6.92 Å². The number of alkyl halides is 6. The lowest BCUT2D eigenvalue weighted by atomic mass is 10.1. The van der Waals surface area contributed by atoms with Gasteiger partial charge < -0.3 is 10.1 Å². The van der Waals surface area contributed by atoms with Crippen molar-refractivity contribution in [3.8, 4) is 0 Å². The molecule has 0 aliphatic heterocycles. The molecular formula is C11H17F6NO2. The molecule has 0 aliphatic carbocycles. The molecule has 0 unspecified atom stereocenters. The van der Waals surface area contributed by atoms with Crippen LogP contribution in [-0.2, 0) is 9.53 Å². The summed E-state index contributed by atoms with van der Waals surface area (Å²) in [7, 11) is 0. The molecule has 1 amide bonds. The van der Waals surface area contributed by atoms with Crippen LogP contribution in [0.2, 0.25) is 0 Å². The predicted molar refractivity (Wildman–Crippen MR) is 58.7 cm³/mol. The van der Waals surface area contributed by atoms with Crippen molar-refractivity contribution in [3.63, 3.8) is 0 Å². The highest BCUT2D eigenvalue weighted by Crippen LogP contribution is 2.44. The highest BCUT2D eigenvalue weighted by Gasteiger charge is 2.74. The van der Waals surface area contributed by atoms with Gasteiger partial charge in [-0.05, 0) is 20.3 Å². The molecule has 0 fully saturated rings. The maximum atomic E-state index is 12.9. The Hall–Kier alpha value is -0.990. The van der Waals surface area contributed by atoms with Crippen LogP contribution in [-0.4, -0.2) is 30.1 Å². The SMILES string of the molecule is CCCCC(=O)NC(OC(C)C)(C(F)(F)F)C(F)(F)F. The number of nitrogens with one attached hydrogen (secondary N) is 1. The second-order valence-electron chi connectivity index (χ2n) is 4.50. The number of carbonyl (C=O) groups excluding carboxylic acids is 1. The third kappa shape index (κ3) is 4.53. The number of amides is 1. The zero-order chi connectivity index (χ0) is 16.2. The van der Waals surface area contributed by atoms with Crippen molar-refractivity contribution in [2.75, 3.05) is 0 Å². The summed E-state index contributed by atoms with van der Waals surface area (Å²) >= 11 is 0. The quantitative estimate of drug-likeness (QED) is 0.602. The van der Waals surface area contributed by atoms with E-state index in [4.69, 9.17) is 0 Å². The fraction of sp³-hybridized carbons (Fsp3) is 0.909. The zero-order valence-corrected chi connectivity index (χ0v) is 11.3. The van der Waals surface area contributed by atoms with Crippen molar-refractivity contribution in [1.82, 2.24) is 5.32 Å². The van der Waals surface area contributed by atoms with Crippen molar-refractivity contribution < 1.29 is 35.9 Å². The normalized spacial score (nSPS) is 13.7. The van der Waals surface area contributed by atoms with Gasteiger partial charge in [0.1, 0.15) is 0 Å². The molecule has 0 atom stereocenters. The Labute approximate surface area is 112 Å². The van der Waals surface area contributed by atoms with E-state index < -0.39 is 36.5 Å². The summed E-state index contributed by atoms with van der Waals surface area (Å²) in [6.45, 7) is 3.69. The first-order valence-electron chi connectivity index (χ1n) is 5.99. The van der Waals surface area contributed by atoms with Gasteiger partial charge in [0.25, 0.3) is 0 Å². The molecule has 0 rings (SSSR count). The molecule has 0 aromatic carbocycles. The lowest BCUT2D eigenvalue weighted by Gasteiger charge is -2.38. The molecule has 0 bridgehead atoms. The van der Waals surface area contributed by atoms with Crippen molar-refractivity contribution >= 4 is 5.91 Å². The van der Waals surface area contributed by atoms with Crippen LogP contribution in [0.3, 0.4) is 0 Å². The fourth-order valence-electron chi connectivity index (χ4n) is 1.42. The van der Waals surface area contributed by atoms with Crippen molar-refractivity contribution in [3.05, 3.63) is 0 Å². The van der Waals surface area contributed by atoms with E-state index in [2.05, 4.69) is 4.74 Å². The first-order valence-corrected chi connectivity index (χ1v) is 5.99. The molecule has 0 aromatic heterocycles. The molecule has 0 heterocycles. The minimum absolute atomic E-state index is 0.180. The van der Waals surface area contributed by atoms with Gasteiger partial charge in [0.05, 0.1) is 6.10 Å². The molecule has 0 aromatic rings. The van der Waals surface area contributed by atoms with Crippen LogP contribution >= 0.6 is 0 Å². The van der Waals surface area contributed by atoms with Gasteiger partial charge in [0.2, 0.25) is 5.91 Å². The van der Waals surface area contributed by atoms with Gasteiger partial charge in [-0.3, -0.25) is 4.79 Å². The van der Waals surface area contributed by atoms with E-state index >= 15 is 0 Å². The van der Waals surface area contributed by atoms with E-state index in [0.29, 0.717) is 6.42 Å². The Morgan fingerprint density at radius 1 is 1.10 bits per heavy atom. The molecule has 20 heavy (non-hydrogen) atoms. The summed E-state index contributed by atoms with van der Waals surface area (Å²) in [5, 5.41) is 0.965. The Bertz CT molecular complexity index is 310. The molecule has 0 aliphatic rings. The highest BCUT2D eigenvalue weighted by atomic mass is 19.4.